The fourth-order valence-corrected chi connectivity index (χ4v) is 2.60. The van der Waals surface area contributed by atoms with E-state index in [0.29, 0.717) is 0 Å². The van der Waals surface area contributed by atoms with Gasteiger partial charge in [-0.1, -0.05) is 0 Å². The van der Waals surface area contributed by atoms with Gasteiger partial charge in [0.1, 0.15) is 5.82 Å². The number of hydrogen-bond donors (Lipinski definition) is 2. The Labute approximate surface area is 110 Å². The van der Waals surface area contributed by atoms with Crippen molar-refractivity contribution in [3.63, 3.8) is 0 Å². The quantitative estimate of drug-likeness (QED) is 0.869. The van der Waals surface area contributed by atoms with Crippen LogP contribution in [-0.4, -0.2) is 4.98 Å². The van der Waals surface area contributed by atoms with Crippen LogP contribution in [0.3, 0.4) is 0 Å². The van der Waals surface area contributed by atoms with Gasteiger partial charge in [0, 0.05) is 17.4 Å². The lowest BCUT2D eigenvalue weighted by Crippen LogP contribution is -2.21. The zero-order valence-corrected chi connectivity index (χ0v) is 10.4. The van der Waals surface area contributed by atoms with E-state index in [0.717, 1.165) is 36.2 Å². The summed E-state index contributed by atoms with van der Waals surface area (Å²) in [4.78, 5) is 14.2. The van der Waals surface area contributed by atoms with Crippen LogP contribution in [0, 0.1) is 5.82 Å². The maximum absolute atomic E-state index is 12.9. The second kappa shape index (κ2) is 4.88. The van der Waals surface area contributed by atoms with Gasteiger partial charge in [0.2, 0.25) is 5.56 Å². The van der Waals surface area contributed by atoms with Crippen LogP contribution in [0.1, 0.15) is 30.1 Å². The molecular weight excluding hydrogens is 243 g/mol. The first-order chi connectivity index (χ1) is 9.22. The third kappa shape index (κ3) is 2.52. The van der Waals surface area contributed by atoms with Crippen LogP contribution < -0.4 is 10.9 Å². The molecule has 0 radical (unpaired) electrons. The smallest absolute Gasteiger partial charge is 0.248 e. The Kier molecular flexibility index (Phi) is 3.07. The zero-order chi connectivity index (χ0) is 13.2. The van der Waals surface area contributed by atoms with Gasteiger partial charge in [-0.2, -0.15) is 0 Å². The molecule has 98 valence electrons. The number of benzene rings is 1. The average molecular weight is 258 g/mol. The predicted octanol–water partition coefficient (Wildman–Crippen LogP) is 3.00. The van der Waals surface area contributed by atoms with Crippen molar-refractivity contribution in [2.24, 2.45) is 0 Å². The zero-order valence-electron chi connectivity index (χ0n) is 10.4. The second-order valence-corrected chi connectivity index (χ2v) is 4.85. The van der Waals surface area contributed by atoms with Gasteiger partial charge in [-0.05, 0) is 55.2 Å². The van der Waals surface area contributed by atoms with Gasteiger partial charge >= 0.3 is 0 Å². The summed E-state index contributed by atoms with van der Waals surface area (Å²) in [5.41, 5.74) is 2.99. The summed E-state index contributed by atoms with van der Waals surface area (Å²) < 4.78 is 12.9. The van der Waals surface area contributed by atoms with E-state index < -0.39 is 0 Å². The largest absolute Gasteiger partial charge is 0.378 e. The van der Waals surface area contributed by atoms with E-state index in [1.807, 2.05) is 6.07 Å². The SMILES string of the molecule is O=c1ccc2c([nH]1)CCCC2Nc1ccc(F)cc1. The van der Waals surface area contributed by atoms with E-state index in [-0.39, 0.29) is 17.4 Å². The molecule has 19 heavy (non-hydrogen) atoms. The number of aromatic amines is 1. The summed E-state index contributed by atoms with van der Waals surface area (Å²) in [6.45, 7) is 0. The number of nitrogens with one attached hydrogen (secondary N) is 2. The second-order valence-electron chi connectivity index (χ2n) is 4.85. The van der Waals surface area contributed by atoms with Crippen molar-refractivity contribution in [1.29, 1.82) is 0 Å². The molecule has 1 aliphatic rings. The molecule has 0 saturated heterocycles. The predicted molar refractivity (Wildman–Crippen MR) is 72.8 cm³/mol. The Morgan fingerprint density at radius 2 is 1.95 bits per heavy atom. The highest BCUT2D eigenvalue weighted by atomic mass is 19.1. The number of hydrogen-bond acceptors (Lipinski definition) is 2. The topological polar surface area (TPSA) is 44.9 Å². The summed E-state index contributed by atoms with van der Waals surface area (Å²) in [5, 5.41) is 3.40. The molecule has 3 nitrogen and oxygen atoms in total. The van der Waals surface area contributed by atoms with Crippen LogP contribution in [-0.2, 0) is 6.42 Å². The lowest BCUT2D eigenvalue weighted by molar-refractivity contribution is 0.586. The van der Waals surface area contributed by atoms with Crippen molar-refractivity contribution in [2.45, 2.75) is 25.3 Å². The van der Waals surface area contributed by atoms with Crippen LogP contribution >= 0.6 is 0 Å². The van der Waals surface area contributed by atoms with Crippen LogP contribution in [0.4, 0.5) is 10.1 Å². The van der Waals surface area contributed by atoms with Gasteiger partial charge in [-0.3, -0.25) is 4.79 Å². The maximum Gasteiger partial charge on any atom is 0.248 e. The fraction of sp³-hybridized carbons (Fsp3) is 0.267. The van der Waals surface area contributed by atoms with E-state index in [1.54, 1.807) is 18.2 Å². The molecule has 3 rings (SSSR count). The van der Waals surface area contributed by atoms with E-state index >= 15 is 0 Å². The van der Waals surface area contributed by atoms with Crippen molar-refractivity contribution >= 4 is 5.69 Å². The molecule has 0 spiro atoms. The van der Waals surface area contributed by atoms with Crippen molar-refractivity contribution in [2.75, 3.05) is 5.32 Å². The van der Waals surface area contributed by atoms with Crippen molar-refractivity contribution in [3.8, 4) is 0 Å². The minimum atomic E-state index is -0.237. The number of anilines is 1. The molecule has 0 aliphatic heterocycles. The molecule has 1 heterocycles. The molecule has 0 bridgehead atoms. The molecule has 1 aromatic heterocycles. The number of fused-ring (bicyclic) bond motifs is 1. The number of aryl methyl sites for hydroxylation is 1. The third-order valence-electron chi connectivity index (χ3n) is 3.52. The number of aromatic nitrogens is 1. The molecule has 0 fully saturated rings. The number of halogens is 1. The Balaban J connectivity index is 1.87. The molecule has 4 heteroatoms. The van der Waals surface area contributed by atoms with E-state index in [9.17, 15) is 9.18 Å². The third-order valence-corrected chi connectivity index (χ3v) is 3.52. The van der Waals surface area contributed by atoms with E-state index in [1.165, 1.54) is 12.1 Å². The van der Waals surface area contributed by atoms with Gasteiger partial charge in [0.25, 0.3) is 0 Å². The van der Waals surface area contributed by atoms with Crippen molar-refractivity contribution < 1.29 is 4.39 Å². The molecule has 0 amide bonds. The molecule has 1 atom stereocenters. The number of H-pyrrole nitrogens is 1. The summed E-state index contributed by atoms with van der Waals surface area (Å²) >= 11 is 0. The monoisotopic (exact) mass is 258 g/mol. The summed E-state index contributed by atoms with van der Waals surface area (Å²) in [6, 6.07) is 9.96. The first-order valence-electron chi connectivity index (χ1n) is 6.46. The Hall–Kier alpha value is -2.10. The van der Waals surface area contributed by atoms with Crippen LogP contribution in [0.15, 0.2) is 41.2 Å². The first kappa shape index (κ1) is 12.0. The Morgan fingerprint density at radius 3 is 2.74 bits per heavy atom. The molecule has 2 aromatic rings. The highest BCUT2D eigenvalue weighted by Gasteiger charge is 2.20. The Morgan fingerprint density at radius 1 is 1.16 bits per heavy atom. The maximum atomic E-state index is 12.9. The first-order valence-corrected chi connectivity index (χ1v) is 6.46. The van der Waals surface area contributed by atoms with Crippen LogP contribution in [0.25, 0.3) is 0 Å². The highest BCUT2D eigenvalue weighted by Crippen LogP contribution is 2.30. The van der Waals surface area contributed by atoms with Gasteiger partial charge in [-0.25, -0.2) is 4.39 Å². The highest BCUT2D eigenvalue weighted by molar-refractivity contribution is 5.46. The molecule has 0 saturated carbocycles. The molecule has 1 aromatic carbocycles. The lowest BCUT2D eigenvalue weighted by Gasteiger charge is -2.26. The summed E-state index contributed by atoms with van der Waals surface area (Å²) in [5.74, 6) is -0.237. The normalized spacial score (nSPS) is 17.8. The molecule has 2 N–H and O–H groups in total. The van der Waals surface area contributed by atoms with Gasteiger partial charge in [-0.15, -0.1) is 0 Å². The average Bonchev–Trinajstić information content (AvgIpc) is 2.41. The van der Waals surface area contributed by atoms with Crippen LogP contribution in [0.2, 0.25) is 0 Å². The van der Waals surface area contributed by atoms with Gasteiger partial charge in [0.05, 0.1) is 6.04 Å². The van der Waals surface area contributed by atoms with Gasteiger partial charge in [0.15, 0.2) is 0 Å². The molecular formula is C15H15FN2O. The minimum Gasteiger partial charge on any atom is -0.378 e. The van der Waals surface area contributed by atoms with Crippen molar-refractivity contribution in [3.05, 3.63) is 63.8 Å². The van der Waals surface area contributed by atoms with E-state index in [2.05, 4.69) is 10.3 Å². The van der Waals surface area contributed by atoms with Crippen LogP contribution in [0.5, 0.6) is 0 Å². The summed E-state index contributed by atoms with van der Waals surface area (Å²) in [6.07, 6.45) is 2.95. The Bertz CT molecular complexity index is 633. The fourth-order valence-electron chi connectivity index (χ4n) is 2.60. The van der Waals surface area contributed by atoms with E-state index in [4.69, 9.17) is 0 Å². The number of pyridine rings is 1. The van der Waals surface area contributed by atoms with Crippen molar-refractivity contribution in [1.82, 2.24) is 4.98 Å². The molecule has 1 aliphatic carbocycles. The number of rotatable bonds is 2. The lowest BCUT2D eigenvalue weighted by atomic mass is 9.91. The van der Waals surface area contributed by atoms with Gasteiger partial charge < -0.3 is 10.3 Å². The standard InChI is InChI=1S/C15H15FN2O/c16-10-4-6-11(7-5-10)17-13-2-1-3-14-12(13)8-9-15(19)18-14/h4-9,13,17H,1-3H2,(H,18,19). The summed E-state index contributed by atoms with van der Waals surface area (Å²) in [7, 11) is 0. The molecule has 1 unspecified atom stereocenters. The minimum absolute atomic E-state index is 0.0545.